The second kappa shape index (κ2) is 4.15. The molecule has 0 N–H and O–H groups in total. The predicted octanol–water partition coefficient (Wildman–Crippen LogP) is 2.74. The molecule has 0 atom stereocenters. The van der Waals surface area contributed by atoms with Gasteiger partial charge in [0.1, 0.15) is 10.8 Å². The number of alkyl halides is 2. The monoisotopic (exact) mass is 202 g/mol. The third kappa shape index (κ3) is 2.36. The fourth-order valence-electron chi connectivity index (χ4n) is 0.902. The Bertz CT molecular complexity index is 346. The van der Waals surface area contributed by atoms with Crippen LogP contribution in [0, 0.1) is 11.3 Å². The Balaban J connectivity index is 3.12. The van der Waals surface area contributed by atoms with Gasteiger partial charge in [0.25, 0.3) is 6.43 Å². The lowest BCUT2D eigenvalue weighted by molar-refractivity contribution is 0.145. The molecule has 5 heteroatoms. The molecule has 1 aromatic heterocycles. The lowest BCUT2D eigenvalue weighted by atomic mass is 10.1. The smallest absolute Gasteiger partial charge is 0.235 e. The van der Waals surface area contributed by atoms with Crippen LogP contribution in [0.15, 0.2) is 12.1 Å². The quantitative estimate of drug-likeness (QED) is 0.692. The maximum atomic E-state index is 12.3. The Labute approximate surface area is 78.8 Å². The maximum absolute atomic E-state index is 12.3. The molecule has 2 nitrogen and oxygen atoms in total. The van der Waals surface area contributed by atoms with Gasteiger partial charge in [0.15, 0.2) is 0 Å². The summed E-state index contributed by atoms with van der Waals surface area (Å²) in [5.41, 5.74) is -0.184. The van der Waals surface area contributed by atoms with Gasteiger partial charge in [0, 0.05) is 0 Å². The fraction of sp³-hybridized carbons (Fsp3) is 0.250. The lowest BCUT2D eigenvalue weighted by Crippen LogP contribution is -1.97. The average Bonchev–Trinajstić information content (AvgIpc) is 2.08. The summed E-state index contributed by atoms with van der Waals surface area (Å²) in [4.78, 5) is 3.46. The van der Waals surface area contributed by atoms with Crippen molar-refractivity contribution in [2.24, 2.45) is 0 Å². The first kappa shape index (κ1) is 9.87. The Morgan fingerprint density at radius 1 is 1.54 bits per heavy atom. The summed E-state index contributed by atoms with van der Waals surface area (Å²) in [6, 6.07) is 4.56. The zero-order chi connectivity index (χ0) is 9.84. The number of nitriles is 1. The molecule has 0 fully saturated rings. The van der Waals surface area contributed by atoms with E-state index < -0.39 is 12.1 Å². The van der Waals surface area contributed by atoms with Crippen molar-refractivity contribution in [1.82, 2.24) is 4.98 Å². The van der Waals surface area contributed by atoms with Gasteiger partial charge in [-0.15, -0.1) is 0 Å². The van der Waals surface area contributed by atoms with Crippen LogP contribution in [0.2, 0.25) is 5.15 Å². The highest BCUT2D eigenvalue weighted by molar-refractivity contribution is 6.29. The number of nitrogens with zero attached hydrogens (tertiary/aromatic N) is 2. The first-order valence-corrected chi connectivity index (χ1v) is 3.83. The molecule has 13 heavy (non-hydrogen) atoms. The van der Waals surface area contributed by atoms with Crippen molar-refractivity contribution in [3.8, 4) is 6.07 Å². The minimum Gasteiger partial charge on any atom is -0.235 e. The summed E-state index contributed by atoms with van der Waals surface area (Å²) in [6.45, 7) is 0. The van der Waals surface area contributed by atoms with E-state index in [4.69, 9.17) is 16.9 Å². The molecule has 0 aromatic carbocycles. The Morgan fingerprint density at radius 3 is 2.77 bits per heavy atom. The van der Waals surface area contributed by atoms with Crippen molar-refractivity contribution in [2.75, 3.05) is 0 Å². The maximum Gasteiger partial charge on any atom is 0.280 e. The van der Waals surface area contributed by atoms with E-state index in [9.17, 15) is 8.78 Å². The highest BCUT2D eigenvalue weighted by atomic mass is 35.5. The number of hydrogen-bond donors (Lipinski definition) is 0. The molecular formula is C8H5ClF2N2. The van der Waals surface area contributed by atoms with Crippen LogP contribution in [0.1, 0.15) is 17.7 Å². The van der Waals surface area contributed by atoms with Gasteiger partial charge in [0.05, 0.1) is 12.5 Å². The molecule has 68 valence electrons. The van der Waals surface area contributed by atoms with Gasteiger partial charge in [-0.2, -0.15) is 5.26 Å². The molecule has 0 saturated heterocycles. The first-order valence-electron chi connectivity index (χ1n) is 3.45. The molecule has 1 rings (SSSR count). The summed E-state index contributed by atoms with van der Waals surface area (Å²) in [5.74, 6) is 0. The molecule has 0 saturated carbocycles. The van der Waals surface area contributed by atoms with Crippen molar-refractivity contribution < 1.29 is 8.78 Å². The normalized spacial score (nSPS) is 10.1. The minimum absolute atomic E-state index is 0.0111. The average molecular weight is 203 g/mol. The molecule has 1 heterocycles. The molecule has 0 bridgehead atoms. The van der Waals surface area contributed by atoms with Gasteiger partial charge in [0.2, 0.25) is 0 Å². The Morgan fingerprint density at radius 2 is 2.23 bits per heavy atom. The van der Waals surface area contributed by atoms with Gasteiger partial charge < -0.3 is 0 Å². The summed E-state index contributed by atoms with van der Waals surface area (Å²) in [6.07, 6.45) is -2.77. The van der Waals surface area contributed by atoms with Crippen LogP contribution in [-0.2, 0) is 6.42 Å². The summed E-state index contributed by atoms with van der Waals surface area (Å²) >= 11 is 5.43. The van der Waals surface area contributed by atoms with Crippen molar-refractivity contribution in [3.63, 3.8) is 0 Å². The van der Waals surface area contributed by atoms with Crippen LogP contribution in [-0.4, -0.2) is 4.98 Å². The molecule has 0 aliphatic carbocycles. The van der Waals surface area contributed by atoms with Crippen LogP contribution in [0.3, 0.4) is 0 Å². The molecule has 0 spiro atoms. The van der Waals surface area contributed by atoms with Crippen molar-refractivity contribution in [1.29, 1.82) is 5.26 Å². The minimum atomic E-state index is -2.69. The first-order chi connectivity index (χ1) is 6.15. The van der Waals surface area contributed by atoms with Gasteiger partial charge in [-0.05, 0) is 11.6 Å². The Kier molecular flexibility index (Phi) is 3.15. The van der Waals surface area contributed by atoms with Crippen LogP contribution >= 0.6 is 11.6 Å². The molecule has 0 radical (unpaired) electrons. The second-order valence-electron chi connectivity index (χ2n) is 2.31. The topological polar surface area (TPSA) is 36.7 Å². The van der Waals surface area contributed by atoms with E-state index in [1.165, 1.54) is 12.1 Å². The second-order valence-corrected chi connectivity index (χ2v) is 2.70. The third-order valence-corrected chi connectivity index (χ3v) is 1.67. The van der Waals surface area contributed by atoms with Gasteiger partial charge in [-0.3, -0.25) is 0 Å². The van der Waals surface area contributed by atoms with E-state index in [-0.39, 0.29) is 17.1 Å². The summed E-state index contributed by atoms with van der Waals surface area (Å²) in [7, 11) is 0. The highest BCUT2D eigenvalue weighted by Gasteiger charge is 2.14. The van der Waals surface area contributed by atoms with Crippen LogP contribution in [0.25, 0.3) is 0 Å². The van der Waals surface area contributed by atoms with Crippen molar-refractivity contribution in [2.45, 2.75) is 12.8 Å². The van der Waals surface area contributed by atoms with Crippen molar-refractivity contribution in [3.05, 3.63) is 28.5 Å². The van der Waals surface area contributed by atoms with E-state index in [0.717, 1.165) is 0 Å². The zero-order valence-electron chi connectivity index (χ0n) is 6.47. The van der Waals surface area contributed by atoms with Gasteiger partial charge >= 0.3 is 0 Å². The summed E-state index contributed by atoms with van der Waals surface area (Å²) in [5, 5.41) is 8.35. The SMILES string of the molecule is N#CCc1ccc(Cl)nc1C(F)F. The number of aromatic nitrogens is 1. The molecule has 0 amide bonds. The largest absolute Gasteiger partial charge is 0.280 e. The molecule has 1 aromatic rings. The molecule has 0 unspecified atom stereocenters. The molecule has 0 aliphatic rings. The fourth-order valence-corrected chi connectivity index (χ4v) is 1.06. The standard InChI is InChI=1S/C8H5ClF2N2/c9-6-2-1-5(3-4-12)7(13-6)8(10)11/h1-2,8H,3H2. The molecule has 0 aliphatic heterocycles. The summed E-state index contributed by atoms with van der Waals surface area (Å²) < 4.78 is 24.6. The highest BCUT2D eigenvalue weighted by Crippen LogP contribution is 2.22. The zero-order valence-corrected chi connectivity index (χ0v) is 7.22. The van der Waals surface area contributed by atoms with Crippen LogP contribution < -0.4 is 0 Å². The van der Waals surface area contributed by atoms with Crippen LogP contribution in [0.5, 0.6) is 0 Å². The Hall–Kier alpha value is -1.21. The van der Waals surface area contributed by atoms with Crippen LogP contribution in [0.4, 0.5) is 8.78 Å². The van der Waals surface area contributed by atoms with E-state index in [1.54, 1.807) is 6.07 Å². The number of pyridine rings is 1. The predicted molar refractivity (Wildman–Crippen MR) is 43.5 cm³/mol. The van der Waals surface area contributed by atoms with E-state index >= 15 is 0 Å². The van der Waals surface area contributed by atoms with E-state index in [2.05, 4.69) is 4.98 Å². The number of halogens is 3. The van der Waals surface area contributed by atoms with E-state index in [0.29, 0.717) is 0 Å². The lowest BCUT2D eigenvalue weighted by Gasteiger charge is -2.04. The number of rotatable bonds is 2. The third-order valence-electron chi connectivity index (χ3n) is 1.45. The number of hydrogen-bond acceptors (Lipinski definition) is 2. The van der Waals surface area contributed by atoms with Gasteiger partial charge in [-0.1, -0.05) is 17.7 Å². The van der Waals surface area contributed by atoms with Gasteiger partial charge in [-0.25, -0.2) is 13.8 Å². The van der Waals surface area contributed by atoms with E-state index in [1.807, 2.05) is 0 Å². The molecular weight excluding hydrogens is 198 g/mol. The van der Waals surface area contributed by atoms with Crippen molar-refractivity contribution >= 4 is 11.6 Å².